The summed E-state index contributed by atoms with van der Waals surface area (Å²) in [6, 6.07) is 0. The minimum absolute atomic E-state index is 0. The lowest BCUT2D eigenvalue weighted by Crippen LogP contribution is -1.84. The first kappa shape index (κ1) is 31.5. The Morgan fingerprint density at radius 1 is 0.207 bits per heavy atom. The average molecular weight is 429 g/mol. The second-order valence-electron chi connectivity index (χ2n) is 9.49. The zero-order chi connectivity index (χ0) is 20.4. The molecule has 0 unspecified atom stereocenters. The molecule has 0 aromatic rings. The highest BCUT2D eigenvalue weighted by molar-refractivity contribution is 7.59. The van der Waals surface area contributed by atoms with Gasteiger partial charge >= 0.3 is 0 Å². The molecule has 0 aromatic heterocycles. The molecular weight excluding hydrogens is 368 g/mol. The molecule has 0 heterocycles. The predicted molar refractivity (Wildman–Crippen MR) is 142 cm³/mol. The maximum absolute atomic E-state index is 2.30. The van der Waals surface area contributed by atoms with Gasteiger partial charge in [0.2, 0.25) is 0 Å². The third-order valence-electron chi connectivity index (χ3n) is 6.46. The van der Waals surface area contributed by atoms with Crippen molar-refractivity contribution in [1.82, 2.24) is 0 Å². The van der Waals surface area contributed by atoms with Crippen molar-refractivity contribution in [1.29, 1.82) is 0 Å². The first-order chi connectivity index (χ1) is 13.9. The Morgan fingerprint density at radius 2 is 0.310 bits per heavy atom. The average Bonchev–Trinajstić information content (AvgIpc) is 2.71. The summed E-state index contributed by atoms with van der Waals surface area (Å²) in [6.07, 6.45) is 38.4. The normalized spacial score (nSPS) is 11.0. The molecule has 0 nitrogen and oxygen atoms in total. The van der Waals surface area contributed by atoms with E-state index in [1.54, 1.807) is 0 Å². The minimum atomic E-state index is 0. The predicted octanol–water partition coefficient (Wildman–Crippen LogP) is 11.3. The van der Waals surface area contributed by atoms with Crippen LogP contribution in [0.1, 0.15) is 181 Å². The molecule has 0 bridgehead atoms. The zero-order valence-corrected chi connectivity index (χ0v) is 21.9. The molecule has 0 aromatic carbocycles. The summed E-state index contributed by atoms with van der Waals surface area (Å²) in [5, 5.41) is 0. The molecule has 0 spiro atoms. The van der Waals surface area contributed by atoms with E-state index in [0.29, 0.717) is 0 Å². The van der Waals surface area contributed by atoms with Gasteiger partial charge in [-0.3, -0.25) is 0 Å². The van der Waals surface area contributed by atoms with Gasteiger partial charge in [0.05, 0.1) is 0 Å². The van der Waals surface area contributed by atoms with Gasteiger partial charge in [0.1, 0.15) is 0 Å². The highest BCUT2D eigenvalue weighted by Crippen LogP contribution is 2.15. The van der Waals surface area contributed by atoms with Crippen LogP contribution in [0.2, 0.25) is 0 Å². The number of hydrogen-bond acceptors (Lipinski definition) is 0. The van der Waals surface area contributed by atoms with Gasteiger partial charge in [0, 0.05) is 0 Å². The van der Waals surface area contributed by atoms with Crippen molar-refractivity contribution in [3.05, 3.63) is 0 Å². The quantitative estimate of drug-likeness (QED) is 0.127. The van der Waals surface area contributed by atoms with Crippen molar-refractivity contribution in [3.63, 3.8) is 0 Å². The van der Waals surface area contributed by atoms with E-state index in [1.807, 2.05) is 0 Å². The van der Waals surface area contributed by atoms with Crippen molar-refractivity contribution in [2.45, 2.75) is 181 Å². The number of unbranched alkanes of at least 4 members (excludes halogenated alkanes) is 25. The van der Waals surface area contributed by atoms with Gasteiger partial charge in [0.25, 0.3) is 0 Å². The van der Waals surface area contributed by atoms with Gasteiger partial charge in [-0.1, -0.05) is 181 Å². The lowest BCUT2D eigenvalue weighted by Gasteiger charge is -2.04. The second-order valence-corrected chi connectivity index (χ2v) is 9.49. The molecule has 0 N–H and O–H groups in total. The summed E-state index contributed by atoms with van der Waals surface area (Å²) >= 11 is 0. The van der Waals surface area contributed by atoms with Crippen LogP contribution in [0.15, 0.2) is 0 Å². The van der Waals surface area contributed by atoms with Gasteiger partial charge in [-0.05, 0) is 0 Å². The molecule has 0 saturated carbocycles. The Kier molecular flexibility index (Phi) is 33.2. The summed E-state index contributed by atoms with van der Waals surface area (Å²) in [7, 11) is 0. The molecule has 178 valence electrons. The van der Waals surface area contributed by atoms with Gasteiger partial charge in [-0.2, -0.15) is 13.5 Å². The van der Waals surface area contributed by atoms with Crippen molar-refractivity contribution in [2.24, 2.45) is 0 Å². The molecule has 0 saturated heterocycles. The van der Waals surface area contributed by atoms with Gasteiger partial charge in [-0.25, -0.2) is 0 Å². The third-order valence-corrected chi connectivity index (χ3v) is 6.46. The molecule has 1 heteroatoms. The number of rotatable bonds is 25. The van der Waals surface area contributed by atoms with Gasteiger partial charge in [0.15, 0.2) is 0 Å². The third kappa shape index (κ3) is 30.6. The van der Waals surface area contributed by atoms with Crippen LogP contribution in [0.25, 0.3) is 0 Å². The van der Waals surface area contributed by atoms with Crippen LogP contribution in [0, 0.1) is 0 Å². The standard InChI is InChI=1S/C28H58.H2S/c1-3-5-7-9-11-13-15-17-19-21-23-25-27-28-26-24-22-20-18-16-14-12-10-8-6-4-2;/h3-28H2,1-2H3;1H2. The molecule has 0 fully saturated rings. The fraction of sp³-hybridized carbons (Fsp3) is 1.00. The van der Waals surface area contributed by atoms with Crippen LogP contribution >= 0.6 is 13.5 Å². The highest BCUT2D eigenvalue weighted by atomic mass is 32.1. The summed E-state index contributed by atoms with van der Waals surface area (Å²) < 4.78 is 0. The molecular formula is C28H60S. The minimum Gasteiger partial charge on any atom is -0.197 e. The van der Waals surface area contributed by atoms with Crippen molar-refractivity contribution < 1.29 is 0 Å². The molecule has 0 rings (SSSR count). The van der Waals surface area contributed by atoms with E-state index >= 15 is 0 Å². The van der Waals surface area contributed by atoms with E-state index in [2.05, 4.69) is 13.8 Å². The Labute approximate surface area is 194 Å². The molecule has 0 aliphatic rings. The van der Waals surface area contributed by atoms with Crippen LogP contribution in [-0.4, -0.2) is 0 Å². The fourth-order valence-electron chi connectivity index (χ4n) is 4.39. The van der Waals surface area contributed by atoms with Crippen LogP contribution in [0.4, 0.5) is 0 Å². The summed E-state index contributed by atoms with van der Waals surface area (Å²) in [4.78, 5) is 0. The first-order valence-corrected chi connectivity index (χ1v) is 13.9. The monoisotopic (exact) mass is 428 g/mol. The van der Waals surface area contributed by atoms with E-state index in [-0.39, 0.29) is 13.5 Å². The van der Waals surface area contributed by atoms with E-state index < -0.39 is 0 Å². The van der Waals surface area contributed by atoms with E-state index in [9.17, 15) is 0 Å². The maximum atomic E-state index is 2.30. The molecule has 0 radical (unpaired) electrons. The maximum Gasteiger partial charge on any atom is -0.0533 e. The smallest absolute Gasteiger partial charge is 0.0533 e. The van der Waals surface area contributed by atoms with E-state index in [1.165, 1.54) is 167 Å². The van der Waals surface area contributed by atoms with Crippen molar-refractivity contribution >= 4 is 13.5 Å². The zero-order valence-electron chi connectivity index (χ0n) is 20.9. The van der Waals surface area contributed by atoms with Crippen molar-refractivity contribution in [2.75, 3.05) is 0 Å². The molecule has 29 heavy (non-hydrogen) atoms. The van der Waals surface area contributed by atoms with Crippen LogP contribution in [0.5, 0.6) is 0 Å². The SMILES string of the molecule is CCCCCCCCCCCCCCCCCCCCCCCCCCCC.S. The molecule has 0 amide bonds. The Bertz CT molecular complexity index is 225. The van der Waals surface area contributed by atoms with Gasteiger partial charge in [-0.15, -0.1) is 0 Å². The Hall–Kier alpha value is 0.350. The summed E-state index contributed by atoms with van der Waals surface area (Å²) in [5.74, 6) is 0. The topological polar surface area (TPSA) is 0 Å². The fourth-order valence-corrected chi connectivity index (χ4v) is 4.39. The van der Waals surface area contributed by atoms with Crippen LogP contribution < -0.4 is 0 Å². The summed E-state index contributed by atoms with van der Waals surface area (Å²) in [5.41, 5.74) is 0. The van der Waals surface area contributed by atoms with E-state index in [4.69, 9.17) is 0 Å². The molecule has 0 atom stereocenters. The van der Waals surface area contributed by atoms with E-state index in [0.717, 1.165) is 0 Å². The Balaban J connectivity index is 0. The lowest BCUT2D eigenvalue weighted by atomic mass is 10.0. The first-order valence-electron chi connectivity index (χ1n) is 13.9. The lowest BCUT2D eigenvalue weighted by molar-refractivity contribution is 0.516. The highest BCUT2D eigenvalue weighted by Gasteiger charge is 1.96. The largest absolute Gasteiger partial charge is 0.197 e. The number of hydrogen-bond donors (Lipinski definition) is 0. The van der Waals surface area contributed by atoms with Crippen molar-refractivity contribution in [3.8, 4) is 0 Å². The molecule has 0 aliphatic heterocycles. The molecule has 0 aliphatic carbocycles. The summed E-state index contributed by atoms with van der Waals surface area (Å²) in [6.45, 7) is 4.61. The van der Waals surface area contributed by atoms with Crippen LogP contribution in [0.3, 0.4) is 0 Å². The second kappa shape index (κ2) is 30.5. The Morgan fingerprint density at radius 3 is 0.414 bits per heavy atom. The van der Waals surface area contributed by atoms with Gasteiger partial charge < -0.3 is 0 Å². The van der Waals surface area contributed by atoms with Crippen LogP contribution in [-0.2, 0) is 0 Å².